The van der Waals surface area contributed by atoms with Gasteiger partial charge in [0.1, 0.15) is 5.75 Å². The van der Waals surface area contributed by atoms with Crippen LogP contribution in [-0.2, 0) is 4.79 Å². The summed E-state index contributed by atoms with van der Waals surface area (Å²) >= 11 is 9.36. The first-order valence-corrected chi connectivity index (χ1v) is 7.34. The lowest BCUT2D eigenvalue weighted by molar-refractivity contribution is -0.111. The maximum absolute atomic E-state index is 11.9. The van der Waals surface area contributed by atoms with Gasteiger partial charge in [0.15, 0.2) is 0 Å². The molecule has 0 spiro atoms. The molecular formula is C16H13BrClNO2. The molecule has 2 aromatic rings. The maximum Gasteiger partial charge on any atom is 0.248 e. The van der Waals surface area contributed by atoms with E-state index in [1.165, 1.54) is 6.08 Å². The zero-order chi connectivity index (χ0) is 15.2. The van der Waals surface area contributed by atoms with E-state index in [2.05, 4.69) is 21.2 Å². The molecule has 0 unspecified atom stereocenters. The monoisotopic (exact) mass is 365 g/mol. The molecular weight excluding hydrogens is 354 g/mol. The summed E-state index contributed by atoms with van der Waals surface area (Å²) in [6.07, 6.45) is 3.14. The molecule has 1 N–H and O–H groups in total. The van der Waals surface area contributed by atoms with Crippen molar-refractivity contribution < 1.29 is 9.53 Å². The number of carbonyl (C=O) groups excluding carboxylic acids is 1. The van der Waals surface area contributed by atoms with Gasteiger partial charge in [-0.1, -0.05) is 45.7 Å². The van der Waals surface area contributed by atoms with E-state index in [-0.39, 0.29) is 5.91 Å². The van der Waals surface area contributed by atoms with Gasteiger partial charge in [-0.15, -0.1) is 0 Å². The van der Waals surface area contributed by atoms with Crippen molar-refractivity contribution in [3.05, 3.63) is 63.6 Å². The molecule has 3 nitrogen and oxygen atoms in total. The van der Waals surface area contributed by atoms with E-state index in [1.807, 2.05) is 30.3 Å². The van der Waals surface area contributed by atoms with Crippen LogP contribution in [0.4, 0.5) is 5.69 Å². The third-order valence-corrected chi connectivity index (χ3v) is 3.55. The minimum atomic E-state index is -0.259. The Hall–Kier alpha value is -1.78. The molecule has 2 aromatic carbocycles. The normalized spacial score (nSPS) is 10.6. The van der Waals surface area contributed by atoms with Crippen molar-refractivity contribution in [3.63, 3.8) is 0 Å². The van der Waals surface area contributed by atoms with Crippen LogP contribution in [0.3, 0.4) is 0 Å². The molecule has 108 valence electrons. The predicted octanol–water partition coefficient (Wildman–Crippen LogP) is 4.76. The van der Waals surface area contributed by atoms with Crippen LogP contribution in [0.25, 0.3) is 6.08 Å². The molecule has 0 atom stereocenters. The molecule has 0 aromatic heterocycles. The number of anilines is 1. The summed E-state index contributed by atoms with van der Waals surface area (Å²) < 4.78 is 6.08. The van der Waals surface area contributed by atoms with Crippen molar-refractivity contribution in [2.24, 2.45) is 0 Å². The Labute approximate surface area is 136 Å². The van der Waals surface area contributed by atoms with E-state index < -0.39 is 0 Å². The second kappa shape index (κ2) is 7.29. The van der Waals surface area contributed by atoms with Gasteiger partial charge in [0, 0.05) is 16.1 Å². The number of methoxy groups -OCH3 is 1. The smallest absolute Gasteiger partial charge is 0.248 e. The lowest BCUT2D eigenvalue weighted by Gasteiger charge is -2.06. The van der Waals surface area contributed by atoms with Gasteiger partial charge in [0.2, 0.25) is 5.91 Å². The molecule has 0 aliphatic rings. The quantitative estimate of drug-likeness (QED) is 0.792. The number of hydrogen-bond donors (Lipinski definition) is 1. The van der Waals surface area contributed by atoms with Crippen LogP contribution in [-0.4, -0.2) is 13.0 Å². The van der Waals surface area contributed by atoms with Crippen LogP contribution >= 0.6 is 27.5 Å². The lowest BCUT2D eigenvalue weighted by atomic mass is 10.2. The van der Waals surface area contributed by atoms with E-state index in [1.54, 1.807) is 25.3 Å². The molecule has 0 aliphatic heterocycles. The Kier molecular flexibility index (Phi) is 5.42. The van der Waals surface area contributed by atoms with Crippen LogP contribution in [0.1, 0.15) is 5.56 Å². The van der Waals surface area contributed by atoms with Crippen molar-refractivity contribution in [2.75, 3.05) is 12.4 Å². The van der Waals surface area contributed by atoms with E-state index in [9.17, 15) is 4.79 Å². The third-order valence-electron chi connectivity index (χ3n) is 2.74. The molecule has 1 amide bonds. The highest BCUT2D eigenvalue weighted by atomic mass is 79.9. The standard InChI is InChI=1S/C16H13BrClNO2/c1-21-15-5-3-2-4-11(15)6-9-16(20)19-14-8-7-12(17)10-13(14)18/h2-10H,1H3,(H,19,20)/b9-6+. The highest BCUT2D eigenvalue weighted by molar-refractivity contribution is 9.10. The van der Waals surface area contributed by atoms with Gasteiger partial charge in [0.05, 0.1) is 17.8 Å². The Morgan fingerprint density at radius 2 is 2.05 bits per heavy atom. The molecule has 0 saturated heterocycles. The van der Waals surface area contributed by atoms with Crippen LogP contribution in [0.5, 0.6) is 5.75 Å². The summed E-state index contributed by atoms with van der Waals surface area (Å²) in [6, 6.07) is 12.7. The van der Waals surface area contributed by atoms with Crippen molar-refractivity contribution in [1.82, 2.24) is 0 Å². The third kappa shape index (κ3) is 4.34. The largest absolute Gasteiger partial charge is 0.496 e. The fourth-order valence-electron chi connectivity index (χ4n) is 1.73. The van der Waals surface area contributed by atoms with E-state index >= 15 is 0 Å². The van der Waals surface area contributed by atoms with Crippen molar-refractivity contribution in [1.29, 1.82) is 0 Å². The highest BCUT2D eigenvalue weighted by Gasteiger charge is 2.04. The van der Waals surface area contributed by atoms with Crippen LogP contribution in [0.15, 0.2) is 53.0 Å². The molecule has 5 heteroatoms. The fourth-order valence-corrected chi connectivity index (χ4v) is 2.46. The van der Waals surface area contributed by atoms with Gasteiger partial charge in [-0.05, 0) is 30.3 Å². The number of halogens is 2. The second-order valence-electron chi connectivity index (χ2n) is 4.19. The molecule has 0 bridgehead atoms. The average molecular weight is 367 g/mol. The Bertz CT molecular complexity index is 686. The number of para-hydroxylation sites is 1. The first kappa shape index (κ1) is 15.6. The number of hydrogen-bond acceptors (Lipinski definition) is 2. The van der Waals surface area contributed by atoms with Crippen molar-refractivity contribution in [3.8, 4) is 5.75 Å². The van der Waals surface area contributed by atoms with Gasteiger partial charge >= 0.3 is 0 Å². The van der Waals surface area contributed by atoms with Crippen molar-refractivity contribution >= 4 is 45.2 Å². The van der Waals surface area contributed by atoms with E-state index in [0.717, 1.165) is 10.0 Å². The number of nitrogens with one attached hydrogen (secondary N) is 1. The summed E-state index contributed by atoms with van der Waals surface area (Å²) in [5, 5.41) is 3.20. The fraction of sp³-hybridized carbons (Fsp3) is 0.0625. The summed E-state index contributed by atoms with van der Waals surface area (Å²) in [7, 11) is 1.59. The highest BCUT2D eigenvalue weighted by Crippen LogP contribution is 2.25. The van der Waals surface area contributed by atoms with Crippen LogP contribution in [0.2, 0.25) is 5.02 Å². The number of carbonyl (C=O) groups is 1. The van der Waals surface area contributed by atoms with E-state index in [4.69, 9.17) is 16.3 Å². The number of rotatable bonds is 4. The summed E-state index contributed by atoms with van der Waals surface area (Å²) in [5.74, 6) is 0.452. The zero-order valence-corrected chi connectivity index (χ0v) is 13.6. The Morgan fingerprint density at radius 1 is 1.29 bits per heavy atom. The molecule has 0 saturated carbocycles. The SMILES string of the molecule is COc1ccccc1/C=C/C(=O)Nc1ccc(Br)cc1Cl. The first-order chi connectivity index (χ1) is 10.1. The Morgan fingerprint density at radius 3 is 2.76 bits per heavy atom. The minimum Gasteiger partial charge on any atom is -0.496 e. The second-order valence-corrected chi connectivity index (χ2v) is 5.51. The van der Waals surface area contributed by atoms with Crippen LogP contribution < -0.4 is 10.1 Å². The first-order valence-electron chi connectivity index (χ1n) is 6.17. The molecule has 0 aliphatic carbocycles. The van der Waals surface area contributed by atoms with Gasteiger partial charge in [0.25, 0.3) is 0 Å². The molecule has 0 radical (unpaired) electrons. The van der Waals surface area contributed by atoms with E-state index in [0.29, 0.717) is 16.5 Å². The molecule has 21 heavy (non-hydrogen) atoms. The number of amides is 1. The van der Waals surface area contributed by atoms with Crippen LogP contribution in [0, 0.1) is 0 Å². The molecule has 2 rings (SSSR count). The minimum absolute atomic E-state index is 0.259. The topological polar surface area (TPSA) is 38.3 Å². The van der Waals surface area contributed by atoms with Gasteiger partial charge in [-0.25, -0.2) is 0 Å². The zero-order valence-electron chi connectivity index (χ0n) is 11.3. The maximum atomic E-state index is 11.9. The summed E-state index contributed by atoms with van der Waals surface area (Å²) in [5.41, 5.74) is 1.39. The average Bonchev–Trinajstić information content (AvgIpc) is 2.48. The van der Waals surface area contributed by atoms with Gasteiger partial charge < -0.3 is 10.1 Å². The molecule has 0 heterocycles. The lowest BCUT2D eigenvalue weighted by Crippen LogP contribution is -2.08. The summed E-state index contributed by atoms with van der Waals surface area (Å²) in [4.78, 5) is 11.9. The predicted molar refractivity (Wildman–Crippen MR) is 89.8 cm³/mol. The van der Waals surface area contributed by atoms with Crippen molar-refractivity contribution in [2.45, 2.75) is 0 Å². The van der Waals surface area contributed by atoms with Gasteiger partial charge in [-0.2, -0.15) is 0 Å². The van der Waals surface area contributed by atoms with Gasteiger partial charge in [-0.3, -0.25) is 4.79 Å². The molecule has 0 fully saturated rings. The number of ether oxygens (including phenoxy) is 1. The Balaban J connectivity index is 2.09. The number of benzene rings is 2. The summed E-state index contributed by atoms with van der Waals surface area (Å²) in [6.45, 7) is 0.